The highest BCUT2D eigenvalue weighted by molar-refractivity contribution is 6.05. The van der Waals surface area contributed by atoms with Crippen molar-refractivity contribution in [2.75, 3.05) is 11.9 Å². The Hall–Kier alpha value is -2.35. The fraction of sp³-hybridized carbons (Fsp3) is 0.167. The van der Waals surface area contributed by atoms with E-state index in [1.807, 2.05) is 61.5 Å². The van der Waals surface area contributed by atoms with Gasteiger partial charge in [0.05, 0.1) is 0 Å². The van der Waals surface area contributed by atoms with Gasteiger partial charge in [0, 0.05) is 24.7 Å². The first-order valence-corrected chi connectivity index (χ1v) is 6.64. The summed E-state index contributed by atoms with van der Waals surface area (Å²) in [6, 6.07) is 17.8. The highest BCUT2D eigenvalue weighted by atomic mass is 16.2. The Balaban J connectivity index is 2.06. The molecule has 0 N–H and O–H groups in total. The molecule has 2 heteroatoms. The Labute approximate surface area is 120 Å². The van der Waals surface area contributed by atoms with Crippen molar-refractivity contribution in [2.45, 2.75) is 13.3 Å². The molecule has 20 heavy (non-hydrogen) atoms. The van der Waals surface area contributed by atoms with Crippen molar-refractivity contribution in [1.29, 1.82) is 0 Å². The van der Waals surface area contributed by atoms with E-state index in [2.05, 4.69) is 6.58 Å². The average molecular weight is 265 g/mol. The summed E-state index contributed by atoms with van der Waals surface area (Å²) in [5, 5.41) is 0. The lowest BCUT2D eigenvalue weighted by atomic mass is 10.1. The van der Waals surface area contributed by atoms with Gasteiger partial charge >= 0.3 is 0 Å². The molecule has 2 aromatic rings. The van der Waals surface area contributed by atoms with Crippen molar-refractivity contribution in [1.82, 2.24) is 0 Å². The Morgan fingerprint density at radius 3 is 2.25 bits per heavy atom. The third kappa shape index (κ3) is 3.35. The molecule has 0 radical (unpaired) electrons. The highest BCUT2D eigenvalue weighted by Crippen LogP contribution is 2.17. The number of hydrogen-bond acceptors (Lipinski definition) is 1. The monoisotopic (exact) mass is 265 g/mol. The number of anilines is 1. The van der Waals surface area contributed by atoms with E-state index in [-0.39, 0.29) is 5.91 Å². The Morgan fingerprint density at radius 1 is 1.05 bits per heavy atom. The van der Waals surface area contributed by atoms with Gasteiger partial charge in [-0.05, 0) is 24.6 Å². The maximum atomic E-state index is 12.4. The van der Waals surface area contributed by atoms with Crippen LogP contribution in [0.3, 0.4) is 0 Å². The van der Waals surface area contributed by atoms with Gasteiger partial charge in [0.15, 0.2) is 0 Å². The fourth-order valence-electron chi connectivity index (χ4n) is 2.04. The smallest absolute Gasteiger partial charge is 0.253 e. The van der Waals surface area contributed by atoms with Gasteiger partial charge in [-0.25, -0.2) is 0 Å². The summed E-state index contributed by atoms with van der Waals surface area (Å²) < 4.78 is 0. The summed E-state index contributed by atoms with van der Waals surface area (Å²) in [4.78, 5) is 14.0. The molecule has 1 amide bonds. The summed E-state index contributed by atoms with van der Waals surface area (Å²) >= 11 is 0. The molecule has 0 atom stereocenters. The average Bonchev–Trinajstić information content (AvgIpc) is 2.47. The van der Waals surface area contributed by atoms with Crippen LogP contribution in [0.4, 0.5) is 5.69 Å². The van der Waals surface area contributed by atoms with Crippen LogP contribution in [0.25, 0.3) is 0 Å². The minimum absolute atomic E-state index is 0.0438. The Kier molecular flexibility index (Phi) is 4.36. The molecule has 0 aromatic heterocycles. The quantitative estimate of drug-likeness (QED) is 0.771. The lowest BCUT2D eigenvalue weighted by Gasteiger charge is -2.19. The van der Waals surface area contributed by atoms with Gasteiger partial charge < -0.3 is 4.90 Å². The highest BCUT2D eigenvalue weighted by Gasteiger charge is 2.14. The first-order valence-electron chi connectivity index (χ1n) is 6.64. The molecule has 0 fully saturated rings. The maximum Gasteiger partial charge on any atom is 0.253 e. The molecule has 0 unspecified atom stereocenters. The first-order chi connectivity index (χ1) is 9.58. The maximum absolute atomic E-state index is 12.4. The van der Waals surface area contributed by atoms with Gasteiger partial charge in [0.1, 0.15) is 0 Å². The zero-order chi connectivity index (χ0) is 14.5. The van der Waals surface area contributed by atoms with Crippen LogP contribution in [0.5, 0.6) is 0 Å². The molecular weight excluding hydrogens is 246 g/mol. The molecule has 0 aliphatic rings. The number of amides is 1. The largest absolute Gasteiger partial charge is 0.312 e. The van der Waals surface area contributed by atoms with Gasteiger partial charge in [0.25, 0.3) is 5.91 Å². The SMILES string of the molecule is C=C(Cc1ccccc1)C(=O)N(C)c1ccc(C)cc1. The molecule has 2 nitrogen and oxygen atoms in total. The standard InChI is InChI=1S/C18H19NO/c1-14-9-11-17(12-10-14)19(3)18(20)15(2)13-16-7-5-4-6-8-16/h4-12H,2,13H2,1,3H3. The van der Waals surface area contributed by atoms with Crippen molar-refractivity contribution in [2.24, 2.45) is 0 Å². The van der Waals surface area contributed by atoms with Crippen LogP contribution in [0.2, 0.25) is 0 Å². The van der Waals surface area contributed by atoms with Crippen molar-refractivity contribution in [3.8, 4) is 0 Å². The van der Waals surface area contributed by atoms with E-state index in [0.29, 0.717) is 12.0 Å². The van der Waals surface area contributed by atoms with Crippen molar-refractivity contribution < 1.29 is 4.79 Å². The summed E-state index contributed by atoms with van der Waals surface area (Å²) in [7, 11) is 1.78. The van der Waals surface area contributed by atoms with Crippen LogP contribution in [-0.4, -0.2) is 13.0 Å². The summed E-state index contributed by atoms with van der Waals surface area (Å²) in [6.45, 7) is 5.95. The van der Waals surface area contributed by atoms with E-state index in [4.69, 9.17) is 0 Å². The number of likely N-dealkylation sites (N-methyl/N-ethyl adjacent to an activating group) is 1. The molecule has 0 bridgehead atoms. The third-order valence-corrected chi connectivity index (χ3v) is 3.29. The summed E-state index contributed by atoms with van der Waals surface area (Å²) in [5.41, 5.74) is 3.76. The molecule has 0 spiro atoms. The van der Waals surface area contributed by atoms with Gasteiger partial charge in [-0.15, -0.1) is 0 Å². The number of carbonyl (C=O) groups is 1. The topological polar surface area (TPSA) is 20.3 Å². The number of aryl methyl sites for hydroxylation is 1. The molecule has 0 saturated heterocycles. The van der Waals surface area contributed by atoms with E-state index in [9.17, 15) is 4.79 Å². The summed E-state index contributed by atoms with van der Waals surface area (Å²) in [6.07, 6.45) is 0.579. The number of hydrogen-bond donors (Lipinski definition) is 0. The molecule has 0 heterocycles. The van der Waals surface area contributed by atoms with E-state index in [1.165, 1.54) is 5.56 Å². The van der Waals surface area contributed by atoms with Gasteiger partial charge in [-0.1, -0.05) is 54.6 Å². The van der Waals surface area contributed by atoms with E-state index in [1.54, 1.807) is 11.9 Å². The van der Waals surface area contributed by atoms with Crippen LogP contribution in [0.15, 0.2) is 66.7 Å². The van der Waals surface area contributed by atoms with Crippen molar-refractivity contribution in [3.05, 3.63) is 77.9 Å². The lowest BCUT2D eigenvalue weighted by Crippen LogP contribution is -2.28. The second-order valence-electron chi connectivity index (χ2n) is 4.97. The van der Waals surface area contributed by atoms with Crippen molar-refractivity contribution >= 4 is 11.6 Å². The van der Waals surface area contributed by atoms with Gasteiger partial charge in [0.2, 0.25) is 0 Å². The Morgan fingerprint density at radius 2 is 1.65 bits per heavy atom. The van der Waals surface area contributed by atoms with Crippen LogP contribution >= 0.6 is 0 Å². The van der Waals surface area contributed by atoms with Crippen LogP contribution in [-0.2, 0) is 11.2 Å². The Bertz CT molecular complexity index is 599. The molecule has 102 valence electrons. The van der Waals surface area contributed by atoms with Crippen LogP contribution in [0.1, 0.15) is 11.1 Å². The molecular formula is C18H19NO. The molecule has 0 saturated carbocycles. The predicted molar refractivity (Wildman–Crippen MR) is 83.9 cm³/mol. The normalized spacial score (nSPS) is 10.1. The summed E-state index contributed by atoms with van der Waals surface area (Å²) in [5.74, 6) is -0.0438. The molecule has 2 rings (SSSR count). The zero-order valence-electron chi connectivity index (χ0n) is 12.0. The minimum atomic E-state index is -0.0438. The minimum Gasteiger partial charge on any atom is -0.312 e. The van der Waals surface area contributed by atoms with Crippen LogP contribution < -0.4 is 4.90 Å². The van der Waals surface area contributed by atoms with E-state index >= 15 is 0 Å². The van der Waals surface area contributed by atoms with Gasteiger partial charge in [-0.3, -0.25) is 4.79 Å². The van der Waals surface area contributed by atoms with Crippen LogP contribution in [0, 0.1) is 6.92 Å². The second kappa shape index (κ2) is 6.20. The molecule has 0 aliphatic heterocycles. The number of nitrogens with zero attached hydrogens (tertiary/aromatic N) is 1. The molecule has 2 aromatic carbocycles. The van der Waals surface area contributed by atoms with E-state index in [0.717, 1.165) is 11.3 Å². The molecule has 0 aliphatic carbocycles. The number of benzene rings is 2. The van der Waals surface area contributed by atoms with Crippen molar-refractivity contribution in [3.63, 3.8) is 0 Å². The lowest BCUT2D eigenvalue weighted by molar-refractivity contribution is -0.114. The van der Waals surface area contributed by atoms with E-state index < -0.39 is 0 Å². The number of rotatable bonds is 4. The fourth-order valence-corrected chi connectivity index (χ4v) is 2.04. The number of carbonyl (C=O) groups excluding carboxylic acids is 1. The zero-order valence-corrected chi connectivity index (χ0v) is 12.0. The van der Waals surface area contributed by atoms with Gasteiger partial charge in [-0.2, -0.15) is 0 Å². The first kappa shape index (κ1) is 14.1. The second-order valence-corrected chi connectivity index (χ2v) is 4.97. The predicted octanol–water partition coefficient (Wildman–Crippen LogP) is 3.76. The third-order valence-electron chi connectivity index (χ3n) is 3.29.